The van der Waals surface area contributed by atoms with E-state index in [1.165, 1.54) is 19.2 Å². The van der Waals surface area contributed by atoms with Gasteiger partial charge >= 0.3 is 12.1 Å². The van der Waals surface area contributed by atoms with Crippen LogP contribution in [0.3, 0.4) is 0 Å². The number of ether oxygens (including phenoxy) is 2. The first kappa shape index (κ1) is 23.4. The molecule has 0 aromatic heterocycles. The van der Waals surface area contributed by atoms with Crippen LogP contribution in [0.2, 0.25) is 5.02 Å². The molecule has 0 bridgehead atoms. The second-order valence-electron chi connectivity index (χ2n) is 6.58. The van der Waals surface area contributed by atoms with E-state index in [9.17, 15) is 22.8 Å². The van der Waals surface area contributed by atoms with E-state index in [0.717, 1.165) is 18.2 Å². The van der Waals surface area contributed by atoms with Gasteiger partial charge in [-0.3, -0.25) is 4.79 Å². The second-order valence-corrected chi connectivity index (χ2v) is 6.99. The Hall–Kier alpha value is -2.87. The van der Waals surface area contributed by atoms with Crippen molar-refractivity contribution in [2.75, 3.05) is 7.11 Å². The molecule has 0 aliphatic heterocycles. The van der Waals surface area contributed by atoms with Crippen LogP contribution in [0, 0.1) is 5.92 Å². The zero-order valence-electron chi connectivity index (χ0n) is 16.4. The summed E-state index contributed by atoms with van der Waals surface area (Å²) in [4.78, 5) is 28.0. The fraction of sp³-hybridized carbons (Fsp3) is 0.286. The summed E-state index contributed by atoms with van der Waals surface area (Å²) in [6, 6.07) is 9.09. The molecule has 0 aliphatic rings. The van der Waals surface area contributed by atoms with Crippen LogP contribution in [-0.4, -0.2) is 24.7 Å². The molecule has 0 spiro atoms. The Balaban J connectivity index is 2.16. The Labute approximate surface area is 176 Å². The number of aliphatic imine (C=N–C) groups is 1. The number of hydrogen-bond donors (Lipinski definition) is 0. The van der Waals surface area contributed by atoms with Gasteiger partial charge in [0.05, 0.1) is 17.7 Å². The highest BCUT2D eigenvalue weighted by atomic mass is 35.5. The van der Waals surface area contributed by atoms with Gasteiger partial charge < -0.3 is 9.47 Å². The van der Waals surface area contributed by atoms with Crippen molar-refractivity contribution in [2.24, 2.45) is 10.9 Å². The molecule has 2 rings (SSSR count). The third-order valence-corrected chi connectivity index (χ3v) is 4.29. The summed E-state index contributed by atoms with van der Waals surface area (Å²) in [6.07, 6.45) is -4.50. The van der Waals surface area contributed by atoms with Crippen LogP contribution in [-0.2, 0) is 22.3 Å². The Bertz CT molecular complexity index is 971. The summed E-state index contributed by atoms with van der Waals surface area (Å²) in [5, 5.41) is -0.179. The predicted molar refractivity (Wildman–Crippen MR) is 106 cm³/mol. The minimum atomic E-state index is -4.50. The number of carbonyl (C=O) groups excluding carboxylic acids is 2. The second kappa shape index (κ2) is 9.75. The molecule has 0 heterocycles. The van der Waals surface area contributed by atoms with Crippen molar-refractivity contribution in [3.63, 3.8) is 0 Å². The van der Waals surface area contributed by atoms with Crippen molar-refractivity contribution < 1.29 is 32.2 Å². The first-order valence-electron chi connectivity index (χ1n) is 8.82. The van der Waals surface area contributed by atoms with Crippen molar-refractivity contribution in [1.82, 2.24) is 0 Å². The van der Waals surface area contributed by atoms with Crippen molar-refractivity contribution in [3.8, 4) is 5.75 Å². The Kier molecular flexibility index (Phi) is 7.61. The fourth-order valence-electron chi connectivity index (χ4n) is 2.44. The predicted octanol–water partition coefficient (Wildman–Crippen LogP) is 5.35. The number of halogens is 4. The van der Waals surface area contributed by atoms with Crippen LogP contribution >= 0.6 is 11.6 Å². The summed E-state index contributed by atoms with van der Waals surface area (Å²) >= 11 is 5.87. The lowest BCUT2D eigenvalue weighted by Gasteiger charge is -2.12. The molecule has 5 nitrogen and oxygen atoms in total. The van der Waals surface area contributed by atoms with Crippen molar-refractivity contribution >= 4 is 29.2 Å². The molecular weight excluding hydrogens is 423 g/mol. The summed E-state index contributed by atoms with van der Waals surface area (Å²) in [7, 11) is 1.20. The molecule has 30 heavy (non-hydrogen) atoms. The average Bonchev–Trinajstić information content (AvgIpc) is 2.69. The number of rotatable bonds is 6. The molecule has 0 saturated carbocycles. The summed E-state index contributed by atoms with van der Waals surface area (Å²) in [5.74, 6) is -1.55. The average molecular weight is 442 g/mol. The molecule has 0 radical (unpaired) electrons. The van der Waals surface area contributed by atoms with Gasteiger partial charge in [0.15, 0.2) is 0 Å². The van der Waals surface area contributed by atoms with Crippen LogP contribution in [0.15, 0.2) is 47.5 Å². The first-order valence-corrected chi connectivity index (χ1v) is 9.20. The molecule has 0 atom stereocenters. The van der Waals surface area contributed by atoms with E-state index < -0.39 is 23.6 Å². The molecule has 1 amide bonds. The van der Waals surface area contributed by atoms with Crippen LogP contribution in [0.25, 0.3) is 0 Å². The summed E-state index contributed by atoms with van der Waals surface area (Å²) in [5.41, 5.74) is -0.0922. The zero-order chi connectivity index (χ0) is 22.5. The van der Waals surface area contributed by atoms with Crippen LogP contribution < -0.4 is 4.74 Å². The van der Waals surface area contributed by atoms with Gasteiger partial charge in [-0.05, 0) is 35.9 Å². The minimum absolute atomic E-state index is 0.000638. The minimum Gasteiger partial charge on any atom is -0.487 e. The topological polar surface area (TPSA) is 65.0 Å². The van der Waals surface area contributed by atoms with Crippen molar-refractivity contribution in [1.29, 1.82) is 0 Å². The normalized spacial score (nSPS) is 12.1. The van der Waals surface area contributed by atoms with Crippen LogP contribution in [0.4, 0.5) is 13.2 Å². The van der Waals surface area contributed by atoms with Gasteiger partial charge in [0.1, 0.15) is 18.1 Å². The Morgan fingerprint density at radius 2 is 1.83 bits per heavy atom. The smallest absolute Gasteiger partial charge is 0.416 e. The van der Waals surface area contributed by atoms with E-state index in [2.05, 4.69) is 9.73 Å². The quantitative estimate of drug-likeness (QED) is 0.448. The van der Waals surface area contributed by atoms with E-state index in [-0.39, 0.29) is 34.6 Å². The Morgan fingerprint density at radius 1 is 1.13 bits per heavy atom. The summed E-state index contributed by atoms with van der Waals surface area (Å²) in [6.45, 7) is 3.38. The van der Waals surface area contributed by atoms with Gasteiger partial charge in [0, 0.05) is 11.5 Å². The lowest BCUT2D eigenvalue weighted by Crippen LogP contribution is -2.23. The van der Waals surface area contributed by atoms with Crippen molar-refractivity contribution in [2.45, 2.75) is 26.6 Å². The molecule has 0 saturated heterocycles. The number of hydrogen-bond acceptors (Lipinski definition) is 4. The molecule has 2 aromatic carbocycles. The van der Waals surface area contributed by atoms with E-state index in [4.69, 9.17) is 16.3 Å². The maximum Gasteiger partial charge on any atom is 0.416 e. The molecule has 0 aliphatic carbocycles. The number of amides is 1. The van der Waals surface area contributed by atoms with Crippen molar-refractivity contribution in [3.05, 3.63) is 64.2 Å². The van der Waals surface area contributed by atoms with Crippen LogP contribution in [0.5, 0.6) is 5.75 Å². The highest BCUT2D eigenvalue weighted by Gasteiger charge is 2.31. The first-order chi connectivity index (χ1) is 14.0. The standard InChI is InChI=1S/C21H19ClF3NO4/c1-12(2)18(20(28)29-3)26-19(27)14-6-4-5-13(9-14)11-30-17-8-7-15(10-16(17)22)21(23,24)25/h4-10,12H,11H2,1-3H3. The van der Waals surface area contributed by atoms with Crippen LogP contribution in [0.1, 0.15) is 35.3 Å². The van der Waals surface area contributed by atoms with E-state index >= 15 is 0 Å². The third-order valence-electron chi connectivity index (χ3n) is 3.99. The zero-order valence-corrected chi connectivity index (χ0v) is 17.2. The molecule has 0 unspecified atom stereocenters. The lowest BCUT2D eigenvalue weighted by atomic mass is 10.1. The van der Waals surface area contributed by atoms with E-state index in [0.29, 0.717) is 5.56 Å². The largest absolute Gasteiger partial charge is 0.487 e. The molecule has 0 N–H and O–H groups in total. The highest BCUT2D eigenvalue weighted by Crippen LogP contribution is 2.34. The number of methoxy groups -OCH3 is 1. The van der Waals surface area contributed by atoms with Gasteiger partial charge in [-0.15, -0.1) is 0 Å². The maximum absolute atomic E-state index is 12.7. The third kappa shape index (κ3) is 6.06. The molecule has 9 heteroatoms. The molecule has 0 fully saturated rings. The van der Waals surface area contributed by atoms with Gasteiger partial charge in [-0.25, -0.2) is 9.79 Å². The van der Waals surface area contributed by atoms with Gasteiger partial charge in [0.25, 0.3) is 5.91 Å². The van der Waals surface area contributed by atoms with Gasteiger partial charge in [-0.2, -0.15) is 13.2 Å². The molecular formula is C21H19ClF3NO4. The SMILES string of the molecule is COC(=O)C(=NC(=O)c1cccc(COc2ccc(C(F)(F)F)cc2Cl)c1)C(C)C. The van der Waals surface area contributed by atoms with E-state index in [1.54, 1.807) is 26.0 Å². The molecule has 2 aromatic rings. The molecule has 160 valence electrons. The number of alkyl halides is 3. The maximum atomic E-state index is 12.7. The highest BCUT2D eigenvalue weighted by molar-refractivity contribution is 6.39. The number of carbonyl (C=O) groups is 2. The lowest BCUT2D eigenvalue weighted by molar-refractivity contribution is -0.137. The van der Waals surface area contributed by atoms with Gasteiger partial charge in [-0.1, -0.05) is 37.6 Å². The number of esters is 1. The fourth-order valence-corrected chi connectivity index (χ4v) is 2.67. The Morgan fingerprint density at radius 3 is 2.40 bits per heavy atom. The van der Waals surface area contributed by atoms with Gasteiger partial charge in [0.2, 0.25) is 0 Å². The monoisotopic (exact) mass is 441 g/mol. The van der Waals surface area contributed by atoms with E-state index in [1.807, 2.05) is 0 Å². The summed E-state index contributed by atoms with van der Waals surface area (Å²) < 4.78 is 48.3. The number of nitrogens with zero attached hydrogens (tertiary/aromatic N) is 1. The number of benzene rings is 2.